The molecule has 30 heavy (non-hydrogen) atoms. The van der Waals surface area contributed by atoms with Gasteiger partial charge in [0.1, 0.15) is 6.54 Å². The van der Waals surface area contributed by atoms with Gasteiger partial charge in [0, 0.05) is 42.8 Å². The molecule has 1 unspecified atom stereocenters. The van der Waals surface area contributed by atoms with Gasteiger partial charge in [-0.3, -0.25) is 4.79 Å². The SMILES string of the molecule is NC(=O)Cn1cc(CNC2CCCN(c3nc4ccccc4s3)C2)c2ccccc21. The smallest absolute Gasteiger partial charge is 0.237 e. The number of nitrogens with zero attached hydrogens (tertiary/aromatic N) is 3. The molecule has 0 radical (unpaired) electrons. The fourth-order valence-electron chi connectivity index (χ4n) is 4.33. The van der Waals surface area contributed by atoms with Gasteiger partial charge in [0.15, 0.2) is 5.13 Å². The molecule has 2 aromatic carbocycles. The van der Waals surface area contributed by atoms with E-state index in [1.807, 2.05) is 28.8 Å². The number of benzene rings is 2. The Balaban J connectivity index is 1.30. The number of rotatable bonds is 6. The van der Waals surface area contributed by atoms with E-state index in [0.717, 1.165) is 48.6 Å². The van der Waals surface area contributed by atoms with Crippen molar-refractivity contribution in [1.82, 2.24) is 14.9 Å². The summed E-state index contributed by atoms with van der Waals surface area (Å²) in [7, 11) is 0. The number of carbonyl (C=O) groups excluding carboxylic acids is 1. The minimum Gasteiger partial charge on any atom is -0.368 e. The molecule has 1 saturated heterocycles. The van der Waals surface area contributed by atoms with Gasteiger partial charge in [0.25, 0.3) is 0 Å². The topological polar surface area (TPSA) is 76.2 Å². The molecule has 3 N–H and O–H groups in total. The number of para-hydroxylation sites is 2. The zero-order valence-electron chi connectivity index (χ0n) is 16.8. The molecule has 4 aromatic rings. The molecule has 0 aliphatic carbocycles. The molecule has 1 atom stereocenters. The Kier molecular flexibility index (Phi) is 5.14. The first-order chi connectivity index (χ1) is 14.7. The average Bonchev–Trinajstić information content (AvgIpc) is 3.34. The number of carbonyl (C=O) groups is 1. The summed E-state index contributed by atoms with van der Waals surface area (Å²) in [4.78, 5) is 18.7. The van der Waals surface area contributed by atoms with Crippen molar-refractivity contribution in [1.29, 1.82) is 0 Å². The fourth-order valence-corrected chi connectivity index (χ4v) is 5.33. The monoisotopic (exact) mass is 419 g/mol. The highest BCUT2D eigenvalue weighted by atomic mass is 32.1. The van der Waals surface area contributed by atoms with Crippen molar-refractivity contribution < 1.29 is 4.79 Å². The highest BCUT2D eigenvalue weighted by Gasteiger charge is 2.22. The van der Waals surface area contributed by atoms with Crippen molar-refractivity contribution in [3.63, 3.8) is 0 Å². The molecule has 6 nitrogen and oxygen atoms in total. The molecule has 3 heterocycles. The van der Waals surface area contributed by atoms with E-state index in [0.29, 0.717) is 6.04 Å². The number of nitrogens with two attached hydrogens (primary N) is 1. The maximum atomic E-state index is 11.4. The van der Waals surface area contributed by atoms with Crippen molar-refractivity contribution in [3.05, 3.63) is 60.3 Å². The first-order valence-corrected chi connectivity index (χ1v) is 11.2. The number of thiazole rings is 1. The third kappa shape index (κ3) is 3.78. The lowest BCUT2D eigenvalue weighted by molar-refractivity contribution is -0.118. The molecule has 1 aliphatic rings. The Morgan fingerprint density at radius 3 is 2.90 bits per heavy atom. The van der Waals surface area contributed by atoms with Crippen LogP contribution in [0.15, 0.2) is 54.7 Å². The minimum absolute atomic E-state index is 0.204. The quantitative estimate of drug-likeness (QED) is 0.502. The van der Waals surface area contributed by atoms with Gasteiger partial charge in [0.2, 0.25) is 5.91 Å². The van der Waals surface area contributed by atoms with Gasteiger partial charge in [-0.05, 0) is 36.6 Å². The largest absolute Gasteiger partial charge is 0.368 e. The first-order valence-electron chi connectivity index (χ1n) is 10.4. The fraction of sp³-hybridized carbons (Fsp3) is 0.304. The van der Waals surface area contributed by atoms with Crippen LogP contribution in [-0.4, -0.2) is 34.6 Å². The Hall–Kier alpha value is -2.90. The standard InChI is InChI=1S/C23H25N5OS/c24-22(29)15-28-13-16(18-7-1-3-9-20(18)28)12-25-17-6-5-11-27(14-17)23-26-19-8-2-4-10-21(19)30-23/h1-4,7-10,13,17,25H,5-6,11-12,14-15H2,(H2,24,29). The number of amides is 1. The second-order valence-corrected chi connectivity index (χ2v) is 8.91. The molecule has 1 aliphatic heterocycles. The summed E-state index contributed by atoms with van der Waals surface area (Å²) in [5.74, 6) is -0.325. The second kappa shape index (κ2) is 8.08. The van der Waals surface area contributed by atoms with Gasteiger partial charge in [-0.2, -0.15) is 0 Å². The number of fused-ring (bicyclic) bond motifs is 2. The first kappa shape index (κ1) is 19.1. The van der Waals surface area contributed by atoms with Crippen LogP contribution in [0.3, 0.4) is 0 Å². The van der Waals surface area contributed by atoms with Crippen molar-refractivity contribution >= 4 is 43.5 Å². The van der Waals surface area contributed by atoms with Gasteiger partial charge in [-0.15, -0.1) is 0 Å². The van der Waals surface area contributed by atoms with Crippen LogP contribution in [0, 0.1) is 0 Å². The maximum absolute atomic E-state index is 11.4. The lowest BCUT2D eigenvalue weighted by Gasteiger charge is -2.33. The maximum Gasteiger partial charge on any atom is 0.237 e. The van der Waals surface area contributed by atoms with Gasteiger partial charge in [-0.25, -0.2) is 4.98 Å². The molecule has 0 spiro atoms. The number of piperidine rings is 1. The van der Waals surface area contributed by atoms with E-state index in [2.05, 4.69) is 40.7 Å². The summed E-state index contributed by atoms with van der Waals surface area (Å²) in [5.41, 5.74) is 8.75. The van der Waals surface area contributed by atoms with E-state index in [1.54, 1.807) is 11.3 Å². The molecule has 154 valence electrons. The second-order valence-electron chi connectivity index (χ2n) is 7.90. The van der Waals surface area contributed by atoms with Crippen LogP contribution in [-0.2, 0) is 17.9 Å². The molecule has 1 fully saturated rings. The van der Waals surface area contributed by atoms with Crippen LogP contribution in [0.4, 0.5) is 5.13 Å². The van der Waals surface area contributed by atoms with Crippen LogP contribution in [0.5, 0.6) is 0 Å². The van der Waals surface area contributed by atoms with E-state index in [9.17, 15) is 4.79 Å². The van der Waals surface area contributed by atoms with E-state index >= 15 is 0 Å². The van der Waals surface area contributed by atoms with Crippen LogP contribution in [0.1, 0.15) is 18.4 Å². The lowest BCUT2D eigenvalue weighted by Crippen LogP contribution is -2.45. The number of hydrogen-bond acceptors (Lipinski definition) is 5. The molecular formula is C23H25N5OS. The highest BCUT2D eigenvalue weighted by Crippen LogP contribution is 2.30. The zero-order chi connectivity index (χ0) is 20.5. The number of hydrogen-bond donors (Lipinski definition) is 2. The average molecular weight is 420 g/mol. The Bertz CT molecular complexity index is 1160. The Labute approximate surface area is 179 Å². The summed E-state index contributed by atoms with van der Waals surface area (Å²) in [6, 6.07) is 16.9. The Morgan fingerprint density at radius 1 is 1.20 bits per heavy atom. The van der Waals surface area contributed by atoms with Gasteiger partial charge >= 0.3 is 0 Å². The predicted octanol–water partition coefficient (Wildman–Crippen LogP) is 3.49. The summed E-state index contributed by atoms with van der Waals surface area (Å²) >= 11 is 1.77. The van der Waals surface area contributed by atoms with Crippen LogP contribution in [0.2, 0.25) is 0 Å². The third-order valence-electron chi connectivity index (χ3n) is 5.75. The highest BCUT2D eigenvalue weighted by molar-refractivity contribution is 7.22. The zero-order valence-corrected chi connectivity index (χ0v) is 17.6. The molecule has 1 amide bonds. The van der Waals surface area contributed by atoms with Crippen molar-refractivity contribution in [3.8, 4) is 0 Å². The van der Waals surface area contributed by atoms with E-state index in [1.165, 1.54) is 15.6 Å². The van der Waals surface area contributed by atoms with E-state index < -0.39 is 0 Å². The normalized spacial score (nSPS) is 17.1. The summed E-state index contributed by atoms with van der Waals surface area (Å²) in [6.45, 7) is 2.98. The van der Waals surface area contributed by atoms with E-state index in [4.69, 9.17) is 10.7 Å². The predicted molar refractivity (Wildman–Crippen MR) is 123 cm³/mol. The minimum atomic E-state index is -0.325. The van der Waals surface area contributed by atoms with Crippen molar-refractivity contribution in [2.75, 3.05) is 18.0 Å². The lowest BCUT2D eigenvalue weighted by atomic mass is 10.1. The molecule has 0 bridgehead atoms. The Morgan fingerprint density at radius 2 is 2.03 bits per heavy atom. The molecule has 7 heteroatoms. The van der Waals surface area contributed by atoms with Gasteiger partial charge < -0.3 is 20.5 Å². The van der Waals surface area contributed by atoms with Crippen molar-refractivity contribution in [2.45, 2.75) is 32.0 Å². The number of anilines is 1. The summed E-state index contributed by atoms with van der Waals surface area (Å²) in [5, 5.41) is 6.02. The number of aromatic nitrogens is 2. The van der Waals surface area contributed by atoms with Gasteiger partial charge in [-0.1, -0.05) is 41.7 Å². The van der Waals surface area contributed by atoms with Crippen LogP contribution >= 0.6 is 11.3 Å². The molecule has 0 saturated carbocycles. The van der Waals surface area contributed by atoms with Gasteiger partial charge in [0.05, 0.1) is 10.2 Å². The third-order valence-corrected chi connectivity index (χ3v) is 6.85. The molecule has 5 rings (SSSR count). The summed E-state index contributed by atoms with van der Waals surface area (Å²) in [6.07, 6.45) is 4.36. The summed E-state index contributed by atoms with van der Waals surface area (Å²) < 4.78 is 3.19. The van der Waals surface area contributed by atoms with E-state index in [-0.39, 0.29) is 12.5 Å². The van der Waals surface area contributed by atoms with Crippen LogP contribution < -0.4 is 16.0 Å². The number of nitrogens with one attached hydrogen (secondary N) is 1. The van der Waals surface area contributed by atoms with Crippen LogP contribution in [0.25, 0.3) is 21.1 Å². The molecule has 2 aromatic heterocycles. The molecular weight excluding hydrogens is 394 g/mol. The number of primary amides is 1. The van der Waals surface area contributed by atoms with Crippen molar-refractivity contribution in [2.24, 2.45) is 5.73 Å².